The van der Waals surface area contributed by atoms with Crippen LogP contribution in [0.5, 0.6) is 0 Å². The maximum atomic E-state index is 12.8. The van der Waals surface area contributed by atoms with Crippen molar-refractivity contribution in [2.24, 2.45) is 0 Å². The van der Waals surface area contributed by atoms with Crippen molar-refractivity contribution >= 4 is 17.9 Å². The normalized spacial score (nSPS) is 12.2. The fourth-order valence-corrected chi connectivity index (χ4v) is 7.96. The number of carbonyl (C=O) groups is 3. The van der Waals surface area contributed by atoms with Crippen molar-refractivity contribution < 1.29 is 28.6 Å². The molecule has 0 aliphatic carbocycles. The predicted molar refractivity (Wildman–Crippen MR) is 270 cm³/mol. The molecule has 0 aromatic carbocycles. The molecule has 0 fully saturated rings. The highest BCUT2D eigenvalue weighted by Crippen LogP contribution is 2.16. The van der Waals surface area contributed by atoms with E-state index in [0.29, 0.717) is 19.3 Å². The van der Waals surface area contributed by atoms with Crippen molar-refractivity contribution in [3.63, 3.8) is 0 Å². The standard InChI is InChI=1S/C57H104O6/c1-4-7-10-13-16-19-22-25-27-28-29-30-33-35-38-41-44-47-50-56(59)62-53-54(52-61-55(58)49-46-43-40-37-34-31-24-21-18-15-12-9-6-3)63-57(60)51-48-45-42-39-36-32-26-23-20-17-14-11-8-5-2/h27-31,34,54H,4-26,32-33,35-53H2,1-3H3/b28-27-,30-29-,34-31-. The van der Waals surface area contributed by atoms with Crippen LogP contribution in [0.15, 0.2) is 36.5 Å². The van der Waals surface area contributed by atoms with Gasteiger partial charge in [-0.3, -0.25) is 14.4 Å². The zero-order valence-corrected chi connectivity index (χ0v) is 42.1. The summed E-state index contributed by atoms with van der Waals surface area (Å²) in [4.78, 5) is 38.0. The lowest BCUT2D eigenvalue weighted by Crippen LogP contribution is -2.30. The van der Waals surface area contributed by atoms with Crippen molar-refractivity contribution in [1.82, 2.24) is 0 Å². The van der Waals surface area contributed by atoms with Crippen LogP contribution in [0.4, 0.5) is 0 Å². The topological polar surface area (TPSA) is 78.9 Å². The highest BCUT2D eigenvalue weighted by Gasteiger charge is 2.19. The first kappa shape index (κ1) is 60.6. The first-order valence-electron chi connectivity index (χ1n) is 27.5. The fraction of sp³-hybridized carbons (Fsp3) is 0.842. The van der Waals surface area contributed by atoms with Crippen LogP contribution < -0.4 is 0 Å². The van der Waals surface area contributed by atoms with Gasteiger partial charge in [-0.05, 0) is 70.6 Å². The second-order valence-corrected chi connectivity index (χ2v) is 18.5. The molecule has 0 saturated carbocycles. The van der Waals surface area contributed by atoms with Gasteiger partial charge in [-0.25, -0.2) is 0 Å². The van der Waals surface area contributed by atoms with Crippen LogP contribution in [0.25, 0.3) is 0 Å². The molecule has 0 spiro atoms. The largest absolute Gasteiger partial charge is 0.462 e. The van der Waals surface area contributed by atoms with E-state index in [1.165, 1.54) is 161 Å². The molecule has 6 heteroatoms. The number of ether oxygens (including phenoxy) is 3. The van der Waals surface area contributed by atoms with Gasteiger partial charge in [0.25, 0.3) is 0 Å². The van der Waals surface area contributed by atoms with Gasteiger partial charge in [0.15, 0.2) is 6.10 Å². The Labute approximate surface area is 391 Å². The van der Waals surface area contributed by atoms with E-state index < -0.39 is 6.10 Å². The van der Waals surface area contributed by atoms with Crippen molar-refractivity contribution in [3.8, 4) is 0 Å². The molecule has 0 aliphatic rings. The summed E-state index contributed by atoms with van der Waals surface area (Å²) in [6.07, 6.45) is 61.3. The summed E-state index contributed by atoms with van der Waals surface area (Å²) in [6, 6.07) is 0. The number of allylic oxidation sites excluding steroid dienone is 6. The molecule has 1 atom stereocenters. The molecule has 0 bridgehead atoms. The van der Waals surface area contributed by atoms with E-state index in [0.717, 1.165) is 89.9 Å². The number of carbonyl (C=O) groups excluding carboxylic acids is 3. The van der Waals surface area contributed by atoms with Gasteiger partial charge in [0.05, 0.1) is 0 Å². The number of esters is 3. The van der Waals surface area contributed by atoms with Crippen LogP contribution in [-0.2, 0) is 28.6 Å². The number of hydrogen-bond acceptors (Lipinski definition) is 6. The van der Waals surface area contributed by atoms with Gasteiger partial charge in [-0.2, -0.15) is 0 Å². The average molecular weight is 885 g/mol. The van der Waals surface area contributed by atoms with Gasteiger partial charge in [0, 0.05) is 19.3 Å². The molecular formula is C57H104O6. The Balaban J connectivity index is 4.38. The molecule has 0 saturated heterocycles. The maximum Gasteiger partial charge on any atom is 0.306 e. The minimum atomic E-state index is -0.781. The van der Waals surface area contributed by atoms with E-state index in [9.17, 15) is 14.4 Å². The van der Waals surface area contributed by atoms with Crippen LogP contribution >= 0.6 is 0 Å². The van der Waals surface area contributed by atoms with Crippen molar-refractivity contribution in [2.45, 2.75) is 297 Å². The van der Waals surface area contributed by atoms with E-state index in [4.69, 9.17) is 14.2 Å². The molecule has 0 heterocycles. The number of rotatable bonds is 50. The summed E-state index contributed by atoms with van der Waals surface area (Å²) in [5.41, 5.74) is 0. The Morgan fingerprint density at radius 1 is 0.317 bits per heavy atom. The summed E-state index contributed by atoms with van der Waals surface area (Å²) < 4.78 is 16.8. The average Bonchev–Trinajstić information content (AvgIpc) is 3.28. The molecule has 0 aromatic heterocycles. The van der Waals surface area contributed by atoms with Crippen LogP contribution in [0.3, 0.4) is 0 Å². The Morgan fingerprint density at radius 2 is 0.571 bits per heavy atom. The van der Waals surface area contributed by atoms with Crippen LogP contribution in [0, 0.1) is 0 Å². The van der Waals surface area contributed by atoms with Crippen molar-refractivity contribution in [2.75, 3.05) is 13.2 Å². The maximum absolute atomic E-state index is 12.8. The summed E-state index contributed by atoms with van der Waals surface area (Å²) in [6.45, 7) is 6.63. The molecule has 6 nitrogen and oxygen atoms in total. The summed E-state index contributed by atoms with van der Waals surface area (Å²) in [7, 11) is 0. The molecule has 0 amide bonds. The van der Waals surface area contributed by atoms with Gasteiger partial charge in [-0.15, -0.1) is 0 Å². The molecule has 63 heavy (non-hydrogen) atoms. The third-order valence-corrected chi connectivity index (χ3v) is 12.1. The van der Waals surface area contributed by atoms with E-state index in [2.05, 4.69) is 57.2 Å². The van der Waals surface area contributed by atoms with Gasteiger partial charge in [0.2, 0.25) is 0 Å². The molecule has 0 rings (SSSR count). The first-order valence-corrected chi connectivity index (χ1v) is 27.5. The smallest absolute Gasteiger partial charge is 0.306 e. The molecule has 0 radical (unpaired) electrons. The van der Waals surface area contributed by atoms with Crippen LogP contribution in [0.1, 0.15) is 290 Å². The summed E-state index contributed by atoms with van der Waals surface area (Å²) >= 11 is 0. The molecule has 0 N–H and O–H groups in total. The van der Waals surface area contributed by atoms with E-state index in [1.54, 1.807) is 0 Å². The molecule has 0 aliphatic heterocycles. The van der Waals surface area contributed by atoms with Crippen LogP contribution in [-0.4, -0.2) is 37.2 Å². The number of unbranched alkanes of at least 4 members (excludes halogenated alkanes) is 34. The first-order chi connectivity index (χ1) is 31.0. The van der Waals surface area contributed by atoms with Gasteiger partial charge in [-0.1, -0.05) is 237 Å². The quantitative estimate of drug-likeness (QED) is 0.0199. The lowest BCUT2D eigenvalue weighted by molar-refractivity contribution is -0.167. The van der Waals surface area contributed by atoms with Crippen molar-refractivity contribution in [3.05, 3.63) is 36.5 Å². The molecular weight excluding hydrogens is 781 g/mol. The zero-order chi connectivity index (χ0) is 45.8. The Bertz CT molecular complexity index is 1060. The Hall–Kier alpha value is -2.37. The second-order valence-electron chi connectivity index (χ2n) is 18.5. The summed E-state index contributed by atoms with van der Waals surface area (Å²) in [5, 5.41) is 0. The zero-order valence-electron chi connectivity index (χ0n) is 42.1. The van der Waals surface area contributed by atoms with E-state index in [-0.39, 0.29) is 31.1 Å². The minimum Gasteiger partial charge on any atom is -0.462 e. The minimum absolute atomic E-state index is 0.0818. The Morgan fingerprint density at radius 3 is 0.905 bits per heavy atom. The van der Waals surface area contributed by atoms with Crippen molar-refractivity contribution in [1.29, 1.82) is 0 Å². The van der Waals surface area contributed by atoms with Gasteiger partial charge in [0.1, 0.15) is 13.2 Å². The fourth-order valence-electron chi connectivity index (χ4n) is 7.96. The molecule has 368 valence electrons. The third-order valence-electron chi connectivity index (χ3n) is 12.1. The predicted octanol–water partition coefficient (Wildman–Crippen LogP) is 18.1. The SMILES string of the molecule is CCCCCCCC/C=C\CCCCCC(=O)OCC(COC(=O)CCCCCCC/C=C\C=C/CCCCCCCCC)OC(=O)CCCCCCCCCCCCCCCC. The van der Waals surface area contributed by atoms with E-state index in [1.807, 2.05) is 0 Å². The highest BCUT2D eigenvalue weighted by atomic mass is 16.6. The van der Waals surface area contributed by atoms with Crippen LogP contribution in [0.2, 0.25) is 0 Å². The molecule has 0 aromatic rings. The molecule has 1 unspecified atom stereocenters. The van der Waals surface area contributed by atoms with Gasteiger partial charge < -0.3 is 14.2 Å². The third kappa shape index (κ3) is 50.5. The highest BCUT2D eigenvalue weighted by molar-refractivity contribution is 5.71. The summed E-state index contributed by atoms with van der Waals surface area (Å²) in [5.74, 6) is -0.898. The monoisotopic (exact) mass is 885 g/mol. The van der Waals surface area contributed by atoms with E-state index >= 15 is 0 Å². The Kier molecular flexibility index (Phi) is 50.3. The van der Waals surface area contributed by atoms with Gasteiger partial charge >= 0.3 is 17.9 Å². The number of hydrogen-bond donors (Lipinski definition) is 0. The second kappa shape index (κ2) is 52.3. The lowest BCUT2D eigenvalue weighted by atomic mass is 10.0. The lowest BCUT2D eigenvalue weighted by Gasteiger charge is -2.18.